The maximum Gasteiger partial charge on any atom is 0.275 e. The van der Waals surface area contributed by atoms with Crippen LogP contribution in [0.5, 0.6) is 0 Å². The number of anilines is 5. The van der Waals surface area contributed by atoms with E-state index >= 15 is 0 Å². The fraction of sp³-hybridized carbons (Fsp3) is 0.267. The van der Waals surface area contributed by atoms with Crippen LogP contribution in [0.15, 0.2) is 60.0 Å². The molecule has 2 aromatic heterocycles. The predicted octanol–water partition coefficient (Wildman–Crippen LogP) is 4.18. The average Bonchev–Trinajstić information content (AvgIpc) is 2.95. The number of halogens is 1. The zero-order valence-corrected chi connectivity index (χ0v) is 22.7. The van der Waals surface area contributed by atoms with Gasteiger partial charge in [-0.3, -0.25) is 14.2 Å². The molecule has 0 saturated heterocycles. The molecule has 10 heteroatoms. The molecule has 2 aliphatic rings. The largest absolute Gasteiger partial charge is 0.333 e. The number of fused-ring (bicyclic) bond motifs is 3. The SMILES string of the molecule is C=CC(=O)N1CCN(c2cc3cnc(Nc4cc5c(cc4F)CCN(C)C5)nc3n(C)c2=O)c2cccc(C)c21. The standard InChI is InChI=1S/C30H30FN7O2/c1-5-26(39)38-12-11-37(24-8-6-7-18(2)27(24)38)25-15-20-16-32-30(34-28(20)36(4)29(25)40)33-23-14-21-17-35(3)10-9-19(21)13-22(23)31/h5-8,13-16H,1,9-12,17H2,2-4H3,(H,32,33,34). The molecule has 0 bridgehead atoms. The first kappa shape index (κ1) is 25.7. The van der Waals surface area contributed by atoms with Gasteiger partial charge in [0.15, 0.2) is 0 Å². The number of nitrogens with zero attached hydrogens (tertiary/aromatic N) is 6. The Morgan fingerprint density at radius 1 is 1.10 bits per heavy atom. The summed E-state index contributed by atoms with van der Waals surface area (Å²) in [5.41, 5.74) is 5.49. The zero-order chi connectivity index (χ0) is 28.1. The summed E-state index contributed by atoms with van der Waals surface area (Å²) in [5.74, 6) is -0.340. The molecule has 0 spiro atoms. The topological polar surface area (TPSA) is 86.6 Å². The summed E-state index contributed by atoms with van der Waals surface area (Å²) in [4.78, 5) is 41.0. The fourth-order valence-electron chi connectivity index (χ4n) is 5.65. The minimum atomic E-state index is -0.362. The first-order valence-electron chi connectivity index (χ1n) is 13.2. The first-order valence-corrected chi connectivity index (χ1v) is 13.2. The summed E-state index contributed by atoms with van der Waals surface area (Å²) in [6, 6.07) is 10.9. The highest BCUT2D eigenvalue weighted by molar-refractivity contribution is 6.05. The molecule has 0 atom stereocenters. The molecule has 0 radical (unpaired) electrons. The van der Waals surface area contributed by atoms with E-state index in [2.05, 4.69) is 26.8 Å². The van der Waals surface area contributed by atoms with Crippen LogP contribution in [0.2, 0.25) is 0 Å². The van der Waals surface area contributed by atoms with Crippen LogP contribution in [0.4, 0.5) is 33.1 Å². The van der Waals surface area contributed by atoms with E-state index < -0.39 is 0 Å². The van der Waals surface area contributed by atoms with E-state index in [1.165, 1.54) is 10.6 Å². The lowest BCUT2D eigenvalue weighted by Crippen LogP contribution is -2.43. The minimum absolute atomic E-state index is 0.183. The summed E-state index contributed by atoms with van der Waals surface area (Å²) in [5, 5.41) is 3.67. The monoisotopic (exact) mass is 539 g/mol. The van der Waals surface area contributed by atoms with Crippen molar-refractivity contribution in [2.45, 2.75) is 19.9 Å². The van der Waals surface area contributed by atoms with Crippen LogP contribution in [-0.4, -0.2) is 52.0 Å². The van der Waals surface area contributed by atoms with Gasteiger partial charge in [0.2, 0.25) is 5.95 Å². The Hall–Kier alpha value is -4.57. The number of likely N-dealkylation sites (N-methyl/N-ethyl adjacent to an activating group) is 1. The number of amides is 1. The Labute approximate surface area is 231 Å². The van der Waals surface area contributed by atoms with Crippen molar-refractivity contribution in [2.75, 3.05) is 41.8 Å². The Bertz CT molecular complexity index is 1750. The molecule has 40 heavy (non-hydrogen) atoms. The zero-order valence-electron chi connectivity index (χ0n) is 22.7. The maximum absolute atomic E-state index is 14.9. The van der Waals surface area contributed by atoms with E-state index in [0.717, 1.165) is 47.6 Å². The summed E-state index contributed by atoms with van der Waals surface area (Å²) in [6.07, 6.45) is 3.74. The number of carbonyl (C=O) groups excluding carboxylic acids is 1. The normalized spacial score (nSPS) is 15.1. The highest BCUT2D eigenvalue weighted by Crippen LogP contribution is 2.39. The summed E-state index contributed by atoms with van der Waals surface area (Å²) >= 11 is 0. The van der Waals surface area contributed by atoms with Gasteiger partial charge in [0.05, 0.1) is 17.1 Å². The molecule has 9 nitrogen and oxygen atoms in total. The molecule has 4 aromatic rings. The van der Waals surface area contributed by atoms with E-state index in [1.54, 1.807) is 30.3 Å². The lowest BCUT2D eigenvalue weighted by Gasteiger charge is -2.38. The molecule has 0 aliphatic carbocycles. The number of aryl methyl sites for hydroxylation is 2. The van der Waals surface area contributed by atoms with Gasteiger partial charge >= 0.3 is 0 Å². The molecular formula is C30H30FN7O2. The number of nitrogens with one attached hydrogen (secondary N) is 1. The van der Waals surface area contributed by atoms with E-state index in [9.17, 15) is 14.0 Å². The Balaban J connectivity index is 1.37. The van der Waals surface area contributed by atoms with Crippen molar-refractivity contribution in [3.05, 3.63) is 88.1 Å². The second kappa shape index (κ2) is 9.87. The number of hydrogen-bond acceptors (Lipinski definition) is 7. The number of pyridine rings is 1. The van der Waals surface area contributed by atoms with Gasteiger partial charge in [-0.05, 0) is 67.4 Å². The van der Waals surface area contributed by atoms with E-state index in [-0.39, 0.29) is 23.2 Å². The second-order valence-corrected chi connectivity index (χ2v) is 10.4. The number of benzene rings is 2. The smallest absolute Gasteiger partial charge is 0.275 e. The van der Waals surface area contributed by atoms with Crippen molar-refractivity contribution < 1.29 is 9.18 Å². The van der Waals surface area contributed by atoms with E-state index in [1.807, 2.05) is 43.1 Å². The van der Waals surface area contributed by atoms with Crippen LogP contribution in [0.25, 0.3) is 11.0 Å². The lowest BCUT2D eigenvalue weighted by molar-refractivity contribution is -0.114. The second-order valence-electron chi connectivity index (χ2n) is 10.4. The van der Waals surface area contributed by atoms with Crippen LogP contribution in [0.1, 0.15) is 16.7 Å². The molecule has 0 fully saturated rings. The van der Waals surface area contributed by atoms with Gasteiger partial charge in [-0.15, -0.1) is 0 Å². The van der Waals surface area contributed by atoms with Crippen molar-refractivity contribution in [2.24, 2.45) is 7.05 Å². The van der Waals surface area contributed by atoms with Crippen LogP contribution >= 0.6 is 0 Å². The minimum Gasteiger partial charge on any atom is -0.333 e. The lowest BCUT2D eigenvalue weighted by atomic mass is 9.99. The number of carbonyl (C=O) groups is 1. The average molecular weight is 540 g/mol. The van der Waals surface area contributed by atoms with Gasteiger partial charge < -0.3 is 20.0 Å². The van der Waals surface area contributed by atoms with Crippen LogP contribution in [0, 0.1) is 12.7 Å². The van der Waals surface area contributed by atoms with Crippen LogP contribution in [0.3, 0.4) is 0 Å². The van der Waals surface area contributed by atoms with Gasteiger partial charge in [0.25, 0.3) is 11.5 Å². The van der Waals surface area contributed by atoms with Crippen molar-refractivity contribution in [3.8, 4) is 0 Å². The predicted molar refractivity (Wildman–Crippen MR) is 155 cm³/mol. The molecule has 204 valence electrons. The van der Waals surface area contributed by atoms with Crippen LogP contribution in [-0.2, 0) is 24.8 Å². The van der Waals surface area contributed by atoms with Crippen molar-refractivity contribution in [3.63, 3.8) is 0 Å². The third-order valence-electron chi connectivity index (χ3n) is 7.72. The number of para-hydroxylation sites is 1. The van der Waals surface area contributed by atoms with E-state index in [0.29, 0.717) is 35.5 Å². The third-order valence-corrected chi connectivity index (χ3v) is 7.72. The Morgan fingerprint density at radius 2 is 1.93 bits per heavy atom. The van der Waals surface area contributed by atoms with Crippen molar-refractivity contribution in [1.82, 2.24) is 19.4 Å². The van der Waals surface area contributed by atoms with Gasteiger partial charge in [-0.25, -0.2) is 9.37 Å². The summed E-state index contributed by atoms with van der Waals surface area (Å²) in [7, 11) is 3.70. The van der Waals surface area contributed by atoms with Gasteiger partial charge in [0.1, 0.15) is 17.2 Å². The number of aromatic nitrogens is 3. The summed E-state index contributed by atoms with van der Waals surface area (Å²) < 4.78 is 16.4. The van der Waals surface area contributed by atoms with Gasteiger partial charge in [-0.2, -0.15) is 4.98 Å². The first-order chi connectivity index (χ1) is 19.2. The quantitative estimate of drug-likeness (QED) is 0.390. The molecule has 1 amide bonds. The Kier molecular flexibility index (Phi) is 6.34. The van der Waals surface area contributed by atoms with Gasteiger partial charge in [0, 0.05) is 44.8 Å². The molecule has 0 unspecified atom stereocenters. The Morgan fingerprint density at radius 3 is 2.73 bits per heavy atom. The van der Waals surface area contributed by atoms with Crippen molar-refractivity contribution >= 4 is 45.6 Å². The number of hydrogen-bond donors (Lipinski definition) is 1. The van der Waals surface area contributed by atoms with Crippen molar-refractivity contribution in [1.29, 1.82) is 0 Å². The molecular weight excluding hydrogens is 509 g/mol. The molecule has 0 saturated carbocycles. The molecule has 2 aliphatic heterocycles. The van der Waals surface area contributed by atoms with E-state index in [4.69, 9.17) is 0 Å². The molecule has 6 rings (SSSR count). The highest BCUT2D eigenvalue weighted by atomic mass is 19.1. The third kappa shape index (κ3) is 4.30. The van der Waals surface area contributed by atoms with Gasteiger partial charge in [-0.1, -0.05) is 18.7 Å². The molecule has 2 aromatic carbocycles. The highest BCUT2D eigenvalue weighted by Gasteiger charge is 2.29. The number of rotatable bonds is 4. The summed E-state index contributed by atoms with van der Waals surface area (Å²) in [6.45, 7) is 8.07. The molecule has 1 N–H and O–H groups in total. The fourth-order valence-corrected chi connectivity index (χ4v) is 5.65. The molecule has 4 heterocycles. The maximum atomic E-state index is 14.9. The van der Waals surface area contributed by atoms with Crippen LogP contribution < -0.4 is 20.7 Å².